The van der Waals surface area contributed by atoms with Crippen LogP contribution in [0.15, 0.2) is 18.2 Å². The van der Waals surface area contributed by atoms with Gasteiger partial charge in [0.15, 0.2) is 0 Å². The van der Waals surface area contributed by atoms with Gasteiger partial charge in [-0.15, -0.1) is 0 Å². The number of carbonyl (C=O) groups excluding carboxylic acids is 1. The topological polar surface area (TPSA) is 50.8 Å². The average molecular weight is 288 g/mol. The van der Waals surface area contributed by atoms with Gasteiger partial charge >= 0.3 is 13.1 Å². The molecule has 0 spiro atoms. The highest BCUT2D eigenvalue weighted by molar-refractivity contribution is 6.62. The fraction of sp³-hybridized carbons (Fsp3) is 0.533. The van der Waals surface area contributed by atoms with Crippen molar-refractivity contribution in [2.75, 3.05) is 12.4 Å². The summed E-state index contributed by atoms with van der Waals surface area (Å²) in [5.74, 6) is 0. The highest BCUT2D eigenvalue weighted by Gasteiger charge is 2.51. The summed E-state index contributed by atoms with van der Waals surface area (Å²) >= 11 is 0. The van der Waals surface area contributed by atoms with E-state index in [1.165, 1.54) is 0 Å². The van der Waals surface area contributed by atoms with E-state index in [0.29, 0.717) is 6.54 Å². The highest BCUT2D eigenvalue weighted by atomic mass is 16.7. The van der Waals surface area contributed by atoms with E-state index < -0.39 is 0 Å². The molecule has 6 heteroatoms. The highest BCUT2D eigenvalue weighted by Crippen LogP contribution is 2.36. The minimum absolute atomic E-state index is 0.0779. The normalized spacial score (nSPS) is 23.0. The largest absolute Gasteiger partial charge is 0.494 e. The zero-order valence-corrected chi connectivity index (χ0v) is 13.2. The lowest BCUT2D eigenvalue weighted by Gasteiger charge is -2.32. The number of nitrogens with one attached hydrogen (secondary N) is 1. The van der Waals surface area contributed by atoms with Gasteiger partial charge in [0.25, 0.3) is 0 Å². The molecule has 5 nitrogen and oxygen atoms in total. The van der Waals surface area contributed by atoms with Crippen molar-refractivity contribution in [3.05, 3.63) is 23.8 Å². The predicted molar refractivity (Wildman–Crippen MR) is 82.6 cm³/mol. The second kappa shape index (κ2) is 4.48. The summed E-state index contributed by atoms with van der Waals surface area (Å²) in [5.41, 5.74) is 2.22. The Bertz CT molecular complexity index is 585. The van der Waals surface area contributed by atoms with Crippen molar-refractivity contribution in [3.63, 3.8) is 0 Å². The SMILES string of the molecule is CN1Cc2cc(B3OC(C)(C)C(C)(C)O3)ccc2NC1=O. The molecule has 0 aromatic heterocycles. The monoisotopic (exact) mass is 288 g/mol. The van der Waals surface area contributed by atoms with Crippen molar-refractivity contribution in [1.29, 1.82) is 0 Å². The van der Waals surface area contributed by atoms with Gasteiger partial charge in [-0.25, -0.2) is 4.79 Å². The number of hydrogen-bond acceptors (Lipinski definition) is 3. The molecule has 0 aliphatic carbocycles. The summed E-state index contributed by atoms with van der Waals surface area (Å²) in [7, 11) is 1.41. The first-order valence-corrected chi connectivity index (χ1v) is 7.20. The zero-order chi connectivity index (χ0) is 15.4. The van der Waals surface area contributed by atoms with Crippen LogP contribution >= 0.6 is 0 Å². The van der Waals surface area contributed by atoms with Crippen LogP contribution in [0, 0.1) is 0 Å². The summed E-state index contributed by atoms with van der Waals surface area (Å²) in [6.45, 7) is 8.76. The Morgan fingerprint density at radius 1 is 1.19 bits per heavy atom. The second-order valence-corrected chi connectivity index (χ2v) is 6.79. The van der Waals surface area contributed by atoms with Gasteiger partial charge in [-0.05, 0) is 44.8 Å². The number of hydrogen-bond donors (Lipinski definition) is 1. The summed E-state index contributed by atoms with van der Waals surface area (Å²) in [6.07, 6.45) is 0. The van der Waals surface area contributed by atoms with Crippen LogP contribution in [0.3, 0.4) is 0 Å². The maximum atomic E-state index is 11.6. The Labute approximate surface area is 125 Å². The number of rotatable bonds is 1. The van der Waals surface area contributed by atoms with Crippen molar-refractivity contribution in [2.45, 2.75) is 45.4 Å². The van der Waals surface area contributed by atoms with E-state index in [9.17, 15) is 4.79 Å². The molecule has 0 atom stereocenters. The summed E-state index contributed by atoms with van der Waals surface area (Å²) in [5, 5.41) is 2.87. The number of anilines is 1. The molecule has 21 heavy (non-hydrogen) atoms. The van der Waals surface area contributed by atoms with E-state index in [0.717, 1.165) is 16.7 Å². The second-order valence-electron chi connectivity index (χ2n) is 6.79. The van der Waals surface area contributed by atoms with Gasteiger partial charge in [-0.2, -0.15) is 0 Å². The van der Waals surface area contributed by atoms with Gasteiger partial charge in [-0.1, -0.05) is 12.1 Å². The molecule has 2 amide bonds. The van der Waals surface area contributed by atoms with E-state index in [1.807, 2.05) is 45.9 Å². The number of urea groups is 1. The van der Waals surface area contributed by atoms with E-state index >= 15 is 0 Å². The first-order chi connectivity index (χ1) is 9.69. The lowest BCUT2D eigenvalue weighted by molar-refractivity contribution is 0.00578. The van der Waals surface area contributed by atoms with Crippen molar-refractivity contribution in [1.82, 2.24) is 4.90 Å². The van der Waals surface area contributed by atoms with Gasteiger partial charge in [-0.3, -0.25) is 0 Å². The standard InChI is InChI=1S/C15H21BN2O3/c1-14(2)15(3,4)21-16(20-14)11-6-7-12-10(8-11)9-18(5)13(19)17-12/h6-8H,9H2,1-5H3,(H,17,19). The van der Waals surface area contributed by atoms with Crippen LogP contribution in [-0.2, 0) is 15.9 Å². The van der Waals surface area contributed by atoms with Crippen molar-refractivity contribution in [3.8, 4) is 0 Å². The molecule has 2 heterocycles. The quantitative estimate of drug-likeness (QED) is 0.804. The molecule has 0 unspecified atom stereocenters. The van der Waals surface area contributed by atoms with Crippen molar-refractivity contribution < 1.29 is 14.1 Å². The molecule has 1 N–H and O–H groups in total. The van der Waals surface area contributed by atoms with Crippen LogP contribution in [0.2, 0.25) is 0 Å². The Balaban J connectivity index is 1.89. The molecule has 112 valence electrons. The van der Waals surface area contributed by atoms with Crippen LogP contribution in [0.1, 0.15) is 33.3 Å². The fourth-order valence-electron chi connectivity index (χ4n) is 2.53. The molecule has 0 radical (unpaired) electrons. The smallest absolute Gasteiger partial charge is 0.399 e. The number of fused-ring (bicyclic) bond motifs is 1. The first kappa shape index (κ1) is 14.4. The van der Waals surface area contributed by atoms with Crippen molar-refractivity contribution >= 4 is 24.3 Å². The minimum atomic E-state index is -0.372. The summed E-state index contributed by atoms with van der Waals surface area (Å²) < 4.78 is 12.1. The predicted octanol–water partition coefficient (Wildman–Crippen LogP) is 1.96. The first-order valence-electron chi connectivity index (χ1n) is 7.20. The number of nitrogens with zero attached hydrogens (tertiary/aromatic N) is 1. The van der Waals surface area contributed by atoms with Crippen LogP contribution < -0.4 is 10.8 Å². The van der Waals surface area contributed by atoms with Gasteiger partial charge in [0, 0.05) is 19.3 Å². The molecule has 3 rings (SSSR count). The number of benzene rings is 1. The van der Waals surface area contributed by atoms with E-state index in [1.54, 1.807) is 11.9 Å². The van der Waals surface area contributed by atoms with Crippen LogP contribution in [0.5, 0.6) is 0 Å². The molecular weight excluding hydrogens is 267 g/mol. The van der Waals surface area contributed by atoms with Crippen LogP contribution in [0.4, 0.5) is 10.5 Å². The lowest BCUT2D eigenvalue weighted by atomic mass is 9.78. The zero-order valence-electron chi connectivity index (χ0n) is 13.2. The van der Waals surface area contributed by atoms with Crippen molar-refractivity contribution in [2.24, 2.45) is 0 Å². The van der Waals surface area contributed by atoms with Gasteiger partial charge in [0.1, 0.15) is 0 Å². The minimum Gasteiger partial charge on any atom is -0.399 e. The molecule has 1 fully saturated rings. The fourth-order valence-corrected chi connectivity index (χ4v) is 2.53. The molecule has 2 aliphatic heterocycles. The van der Waals surface area contributed by atoms with Gasteiger partial charge in [0.05, 0.1) is 11.2 Å². The molecule has 0 saturated carbocycles. The maximum absolute atomic E-state index is 11.6. The van der Waals surface area contributed by atoms with Gasteiger partial charge in [0.2, 0.25) is 0 Å². The lowest BCUT2D eigenvalue weighted by Crippen LogP contribution is -2.41. The summed E-state index contributed by atoms with van der Waals surface area (Å²) in [6, 6.07) is 5.84. The molecule has 2 aliphatic rings. The molecule has 1 saturated heterocycles. The van der Waals surface area contributed by atoms with Crippen LogP contribution in [-0.4, -0.2) is 36.3 Å². The number of carbonyl (C=O) groups is 1. The molecule has 1 aromatic carbocycles. The molecular formula is C15H21BN2O3. The molecule has 1 aromatic rings. The number of amides is 2. The Morgan fingerprint density at radius 2 is 1.81 bits per heavy atom. The third-order valence-corrected chi connectivity index (χ3v) is 4.65. The Kier molecular flexibility index (Phi) is 3.08. The van der Waals surface area contributed by atoms with E-state index in [2.05, 4.69) is 5.32 Å². The average Bonchev–Trinajstić information content (AvgIpc) is 2.59. The van der Waals surface area contributed by atoms with E-state index in [4.69, 9.17) is 9.31 Å². The van der Waals surface area contributed by atoms with E-state index in [-0.39, 0.29) is 24.4 Å². The van der Waals surface area contributed by atoms with Crippen LogP contribution in [0.25, 0.3) is 0 Å². The summed E-state index contributed by atoms with van der Waals surface area (Å²) in [4.78, 5) is 13.3. The van der Waals surface area contributed by atoms with Gasteiger partial charge < -0.3 is 19.5 Å². The third kappa shape index (κ3) is 2.32. The molecule has 0 bridgehead atoms. The Hall–Kier alpha value is -1.53. The third-order valence-electron chi connectivity index (χ3n) is 4.65. The maximum Gasteiger partial charge on any atom is 0.494 e. The Morgan fingerprint density at radius 3 is 2.43 bits per heavy atom.